The number of halogens is 2. The summed E-state index contributed by atoms with van der Waals surface area (Å²) in [5.74, 6) is 0.0995. The normalized spacial score (nSPS) is 13.6. The van der Waals surface area contributed by atoms with Gasteiger partial charge in [-0.2, -0.15) is 11.1 Å². The van der Waals surface area contributed by atoms with E-state index in [1.807, 2.05) is 6.92 Å². The molecule has 0 saturated heterocycles. The molecule has 0 aliphatic heterocycles. The van der Waals surface area contributed by atoms with Gasteiger partial charge in [0.1, 0.15) is 9.52 Å². The van der Waals surface area contributed by atoms with Crippen molar-refractivity contribution in [2.24, 2.45) is 5.92 Å². The molecule has 1 aliphatic rings. The number of allylic oxidation sites excluding steroid dienone is 4. The number of nitrogens with one attached hydrogen (secondary N) is 1. The van der Waals surface area contributed by atoms with Crippen LogP contribution in [0.2, 0.25) is 0 Å². The molecule has 0 spiro atoms. The number of rotatable bonds is 4. The van der Waals surface area contributed by atoms with Gasteiger partial charge in [-0.25, -0.2) is 5.57 Å². The van der Waals surface area contributed by atoms with Gasteiger partial charge in [0, 0.05) is 5.91 Å². The second-order valence-corrected chi connectivity index (χ2v) is 8.56. The van der Waals surface area contributed by atoms with E-state index >= 15 is 0 Å². The second-order valence-electron chi connectivity index (χ2n) is 6.94. The summed E-state index contributed by atoms with van der Waals surface area (Å²) < 4.78 is 0. The molecule has 0 bridgehead atoms. The van der Waals surface area contributed by atoms with Crippen LogP contribution < -0.4 is 35.2 Å². The molecule has 1 N–H and O–H groups in total. The molecule has 165 valence electrons. The fraction of sp³-hybridized carbons (Fsp3) is 0.320. The smallest absolute Gasteiger partial charge is 1.00 e. The maximum atomic E-state index is 9.71. The first-order chi connectivity index (χ1) is 13.3. The number of carbonyl (C=O) groups excluding carboxylic acids is 1. The Hall–Kier alpha value is -0.930. The summed E-state index contributed by atoms with van der Waals surface area (Å²) in [5.41, 5.74) is 10.6. The van der Waals surface area contributed by atoms with Crippen molar-refractivity contribution in [1.82, 2.24) is 0 Å². The molecule has 0 fully saturated rings. The minimum atomic E-state index is -0.461. The van der Waals surface area contributed by atoms with E-state index in [4.69, 9.17) is 5.73 Å². The SMILES string of the molecule is CC1=[C-]C(C)C(C)=C1C.CCCC([NH-])=O.[Cl-].[Cl-].[Zr+4].c1ccc([SiH]c2ccccc2)cc1. The third kappa shape index (κ3) is 14.7. The van der Waals surface area contributed by atoms with Gasteiger partial charge in [-0.05, 0) is 6.42 Å². The number of carbonyl (C=O) groups is 1. The Kier molecular flexibility index (Phi) is 22.1. The first-order valence-electron chi connectivity index (χ1n) is 9.82. The van der Waals surface area contributed by atoms with Crippen molar-refractivity contribution in [3.8, 4) is 0 Å². The zero-order chi connectivity index (χ0) is 20.9. The van der Waals surface area contributed by atoms with Crippen LogP contribution in [0, 0.1) is 12.0 Å². The third-order valence-electron chi connectivity index (χ3n) is 4.65. The van der Waals surface area contributed by atoms with Gasteiger partial charge in [-0.3, -0.25) is 6.08 Å². The summed E-state index contributed by atoms with van der Waals surface area (Å²) in [6, 6.07) is 21.3. The zero-order valence-corrected chi connectivity index (χ0v) is 24.1. The van der Waals surface area contributed by atoms with Crippen molar-refractivity contribution in [2.45, 2.75) is 47.5 Å². The minimum Gasteiger partial charge on any atom is -1.00 e. The van der Waals surface area contributed by atoms with Crippen LogP contribution in [0.4, 0.5) is 0 Å². The molecule has 1 aliphatic carbocycles. The summed E-state index contributed by atoms with van der Waals surface area (Å²) >= 11 is 0. The molecular formula is C25H32Cl2NOSiZr. The average Bonchev–Trinajstić information content (AvgIpc) is 2.90. The third-order valence-corrected chi connectivity index (χ3v) is 6.08. The molecule has 1 unspecified atom stereocenters. The van der Waals surface area contributed by atoms with Crippen molar-refractivity contribution in [2.75, 3.05) is 0 Å². The molecule has 2 aromatic carbocycles. The first kappa shape index (κ1) is 34.7. The van der Waals surface area contributed by atoms with Gasteiger partial charge >= 0.3 is 26.2 Å². The molecule has 2 aromatic rings. The average molecular weight is 553 g/mol. The molecule has 0 aromatic heterocycles. The predicted molar refractivity (Wildman–Crippen MR) is 124 cm³/mol. The van der Waals surface area contributed by atoms with E-state index in [2.05, 4.69) is 94.4 Å². The summed E-state index contributed by atoms with van der Waals surface area (Å²) in [6.45, 7) is 10.6. The van der Waals surface area contributed by atoms with E-state index in [1.54, 1.807) is 0 Å². The predicted octanol–water partition coefficient (Wildman–Crippen LogP) is -0.833. The van der Waals surface area contributed by atoms with Crippen LogP contribution in [0.5, 0.6) is 0 Å². The molecule has 2 nitrogen and oxygen atoms in total. The van der Waals surface area contributed by atoms with Crippen LogP contribution in [0.1, 0.15) is 47.5 Å². The van der Waals surface area contributed by atoms with Crippen LogP contribution in [0.3, 0.4) is 0 Å². The topological polar surface area (TPSA) is 40.9 Å². The number of amides is 1. The van der Waals surface area contributed by atoms with Gasteiger partial charge in [0.05, 0.1) is 0 Å². The number of hydrogen-bond acceptors (Lipinski definition) is 1. The van der Waals surface area contributed by atoms with Gasteiger partial charge in [0.25, 0.3) is 0 Å². The summed E-state index contributed by atoms with van der Waals surface area (Å²) in [6.07, 6.45) is 4.56. The summed E-state index contributed by atoms with van der Waals surface area (Å²) in [5, 5.41) is 2.90. The standard InChI is InChI=1S/C12H11Si.C9H13.C4H9NO.2ClH.Zr/c1-3-7-11(8-4-1)13-12-9-5-2-6-10-12;1-6-5-7(2)9(4)8(6)3;1-2-3-4(5)6;;;/h1-10,13H;6H,1-4H3;2-3H2,1H3,(H2,5,6);2*1H;/q;-1;;;;+4/p-3. The van der Waals surface area contributed by atoms with Crippen molar-refractivity contribution in [3.05, 3.63) is 89.2 Å². The van der Waals surface area contributed by atoms with Crippen LogP contribution >= 0.6 is 0 Å². The van der Waals surface area contributed by atoms with E-state index in [0.717, 1.165) is 6.42 Å². The molecular weight excluding hydrogens is 520 g/mol. The second kappa shape index (κ2) is 19.7. The molecule has 3 rings (SSSR count). The molecule has 0 heterocycles. The van der Waals surface area contributed by atoms with Crippen molar-refractivity contribution < 1.29 is 55.8 Å². The van der Waals surface area contributed by atoms with Crippen LogP contribution in [-0.4, -0.2) is 15.4 Å². The maximum absolute atomic E-state index is 9.71. The van der Waals surface area contributed by atoms with Gasteiger partial charge in [0.2, 0.25) is 0 Å². The Labute approximate surface area is 222 Å². The van der Waals surface area contributed by atoms with Gasteiger partial charge in [0.15, 0.2) is 0 Å². The van der Waals surface area contributed by atoms with Crippen LogP contribution in [-0.2, 0) is 31.0 Å². The Balaban J connectivity index is -0.000000388. The number of hydrogen-bond donors (Lipinski definition) is 0. The monoisotopic (exact) mass is 550 g/mol. The largest absolute Gasteiger partial charge is 4.00 e. The van der Waals surface area contributed by atoms with Crippen LogP contribution in [0.25, 0.3) is 5.73 Å². The fourth-order valence-electron chi connectivity index (χ4n) is 2.68. The first-order valence-corrected chi connectivity index (χ1v) is 11.0. The molecule has 6 heteroatoms. The Morgan fingerprint density at radius 2 is 1.35 bits per heavy atom. The van der Waals surface area contributed by atoms with E-state index in [9.17, 15) is 4.79 Å². The maximum Gasteiger partial charge on any atom is 4.00 e. The quantitative estimate of drug-likeness (QED) is 0.361. The molecule has 1 amide bonds. The van der Waals surface area contributed by atoms with Crippen molar-refractivity contribution in [1.29, 1.82) is 0 Å². The van der Waals surface area contributed by atoms with Gasteiger partial charge in [-0.15, -0.1) is 6.92 Å². The minimum absolute atomic E-state index is 0. The van der Waals surface area contributed by atoms with Crippen molar-refractivity contribution >= 4 is 25.8 Å². The summed E-state index contributed by atoms with van der Waals surface area (Å²) in [4.78, 5) is 9.71. The summed E-state index contributed by atoms with van der Waals surface area (Å²) in [7, 11) is 0.271. The van der Waals surface area contributed by atoms with E-state index in [1.165, 1.54) is 27.1 Å². The van der Waals surface area contributed by atoms with E-state index < -0.39 is 5.91 Å². The van der Waals surface area contributed by atoms with E-state index in [0.29, 0.717) is 12.3 Å². The van der Waals surface area contributed by atoms with Gasteiger partial charge < -0.3 is 35.3 Å². The molecule has 31 heavy (non-hydrogen) atoms. The van der Waals surface area contributed by atoms with Crippen molar-refractivity contribution in [3.63, 3.8) is 0 Å². The fourth-order valence-corrected chi connectivity index (χ4v) is 3.89. The van der Waals surface area contributed by atoms with E-state index in [-0.39, 0.29) is 60.5 Å². The van der Waals surface area contributed by atoms with Gasteiger partial charge in [-0.1, -0.05) is 111 Å². The molecule has 1 atom stereocenters. The Morgan fingerprint density at radius 1 is 0.935 bits per heavy atom. The number of benzene rings is 2. The zero-order valence-electron chi connectivity index (χ0n) is 19.0. The Bertz CT molecular complexity index is 758. The molecule has 1 radical (unpaired) electrons. The Morgan fingerprint density at radius 3 is 1.55 bits per heavy atom. The van der Waals surface area contributed by atoms with Crippen LogP contribution in [0.15, 0.2) is 77.4 Å². The molecule has 0 saturated carbocycles.